The highest BCUT2D eigenvalue weighted by molar-refractivity contribution is 7.15. The van der Waals surface area contributed by atoms with Crippen molar-refractivity contribution in [3.8, 4) is 0 Å². The molecule has 26 heavy (non-hydrogen) atoms. The van der Waals surface area contributed by atoms with E-state index in [0.717, 1.165) is 21.9 Å². The second-order valence-corrected chi connectivity index (χ2v) is 7.11. The largest absolute Gasteiger partial charge is 0.469 e. The molecule has 5 nitrogen and oxygen atoms in total. The van der Waals surface area contributed by atoms with Crippen LogP contribution in [0.25, 0.3) is 0 Å². The third-order valence-electron chi connectivity index (χ3n) is 4.14. The zero-order chi connectivity index (χ0) is 18.5. The third-order valence-corrected chi connectivity index (χ3v) is 5.13. The number of hydrogen-bond acceptors (Lipinski definition) is 5. The Hall–Kier alpha value is -2.67. The first kappa shape index (κ1) is 18.1. The molecule has 0 saturated carbocycles. The second-order valence-electron chi connectivity index (χ2n) is 6.00. The fourth-order valence-electron chi connectivity index (χ4n) is 2.84. The van der Waals surface area contributed by atoms with Crippen molar-refractivity contribution in [1.29, 1.82) is 0 Å². The smallest absolute Gasteiger partial charge is 0.225 e. The fourth-order valence-corrected chi connectivity index (χ4v) is 3.67. The second kappa shape index (κ2) is 8.14. The number of nitrogens with zero attached hydrogens (tertiary/aromatic N) is 1. The zero-order valence-electron chi connectivity index (χ0n) is 14.4. The first-order chi connectivity index (χ1) is 12.5. The summed E-state index contributed by atoms with van der Waals surface area (Å²) in [5.41, 5.74) is 7.40. The number of hydrogen-bond donors (Lipinski definition) is 2. The van der Waals surface area contributed by atoms with Crippen LogP contribution in [0.3, 0.4) is 0 Å². The number of thiazole rings is 1. The lowest BCUT2D eigenvalue weighted by molar-refractivity contribution is -0.120. The molecule has 0 aliphatic carbocycles. The van der Waals surface area contributed by atoms with Gasteiger partial charge in [-0.05, 0) is 43.2 Å². The quantitative estimate of drug-likeness (QED) is 0.662. The number of rotatable bonds is 7. The van der Waals surface area contributed by atoms with Crippen LogP contribution in [0, 0.1) is 12.7 Å². The van der Waals surface area contributed by atoms with E-state index in [2.05, 4.69) is 10.3 Å². The lowest BCUT2D eigenvalue weighted by Gasteiger charge is -2.15. The molecule has 1 aromatic carbocycles. The van der Waals surface area contributed by atoms with Gasteiger partial charge in [-0.25, -0.2) is 9.37 Å². The number of benzene rings is 1. The van der Waals surface area contributed by atoms with Crippen LogP contribution in [0.15, 0.2) is 47.1 Å². The summed E-state index contributed by atoms with van der Waals surface area (Å²) in [6.45, 7) is 2.33. The Morgan fingerprint density at radius 2 is 2.12 bits per heavy atom. The van der Waals surface area contributed by atoms with Crippen molar-refractivity contribution in [1.82, 2.24) is 10.3 Å². The number of amides is 1. The average molecular weight is 373 g/mol. The minimum atomic E-state index is -0.278. The van der Waals surface area contributed by atoms with Gasteiger partial charge in [-0.3, -0.25) is 4.79 Å². The molecule has 3 rings (SSSR count). The van der Waals surface area contributed by atoms with Crippen molar-refractivity contribution in [2.45, 2.75) is 25.7 Å². The standard InChI is InChI=1S/C19H20FN3O2S/c1-12-17(26-19(21)23-12)11-18(24)22-9-8-15(16-3-2-10-25-16)13-4-6-14(20)7-5-13/h2-7,10,15H,8-9,11H2,1H3,(H2,21,23)(H,22,24). The highest BCUT2D eigenvalue weighted by atomic mass is 32.1. The van der Waals surface area contributed by atoms with Crippen molar-refractivity contribution in [3.05, 3.63) is 70.4 Å². The number of aryl methyl sites for hydroxylation is 1. The zero-order valence-corrected chi connectivity index (χ0v) is 15.2. The van der Waals surface area contributed by atoms with Gasteiger partial charge in [-0.15, -0.1) is 11.3 Å². The fraction of sp³-hybridized carbons (Fsp3) is 0.263. The van der Waals surface area contributed by atoms with Crippen LogP contribution >= 0.6 is 11.3 Å². The monoisotopic (exact) mass is 373 g/mol. The van der Waals surface area contributed by atoms with Gasteiger partial charge in [0.2, 0.25) is 5.91 Å². The molecule has 3 N–H and O–H groups in total. The number of carbonyl (C=O) groups is 1. The Morgan fingerprint density at radius 3 is 2.73 bits per heavy atom. The minimum absolute atomic E-state index is 0.0494. The Morgan fingerprint density at radius 1 is 1.35 bits per heavy atom. The van der Waals surface area contributed by atoms with Gasteiger partial charge < -0.3 is 15.5 Å². The van der Waals surface area contributed by atoms with E-state index >= 15 is 0 Å². The molecular weight excluding hydrogens is 353 g/mol. The average Bonchev–Trinajstić information content (AvgIpc) is 3.23. The molecule has 1 atom stereocenters. The van der Waals surface area contributed by atoms with E-state index in [1.165, 1.54) is 23.5 Å². The Kier molecular flexibility index (Phi) is 5.68. The molecule has 0 spiro atoms. The summed E-state index contributed by atoms with van der Waals surface area (Å²) in [6.07, 6.45) is 2.53. The van der Waals surface area contributed by atoms with Gasteiger partial charge >= 0.3 is 0 Å². The number of halogens is 1. The number of nitrogen functional groups attached to an aromatic ring is 1. The maximum absolute atomic E-state index is 13.2. The minimum Gasteiger partial charge on any atom is -0.469 e. The normalized spacial score (nSPS) is 12.1. The molecule has 136 valence electrons. The maximum atomic E-state index is 13.2. The van der Waals surface area contributed by atoms with Gasteiger partial charge in [0.05, 0.1) is 18.4 Å². The first-order valence-corrected chi connectivity index (χ1v) is 9.12. The highest BCUT2D eigenvalue weighted by Crippen LogP contribution is 2.28. The number of nitrogens with one attached hydrogen (secondary N) is 1. The van der Waals surface area contributed by atoms with Gasteiger partial charge in [-0.1, -0.05) is 12.1 Å². The molecule has 2 heterocycles. The number of anilines is 1. The SMILES string of the molecule is Cc1nc(N)sc1CC(=O)NCCC(c1ccc(F)cc1)c1ccco1. The summed E-state index contributed by atoms with van der Waals surface area (Å²) < 4.78 is 18.7. The van der Waals surface area contributed by atoms with E-state index in [-0.39, 0.29) is 24.1 Å². The van der Waals surface area contributed by atoms with E-state index in [0.29, 0.717) is 18.1 Å². The summed E-state index contributed by atoms with van der Waals surface area (Å²) in [6, 6.07) is 10.1. The Bertz CT molecular complexity index is 860. The van der Waals surface area contributed by atoms with Crippen LogP contribution < -0.4 is 11.1 Å². The predicted octanol–water partition coefficient (Wildman–Crippen LogP) is 3.65. The lowest BCUT2D eigenvalue weighted by Crippen LogP contribution is -2.27. The summed E-state index contributed by atoms with van der Waals surface area (Å²) in [5.74, 6) is 0.386. The third kappa shape index (κ3) is 4.49. The first-order valence-electron chi connectivity index (χ1n) is 8.30. The molecule has 0 radical (unpaired) electrons. The van der Waals surface area contributed by atoms with E-state index in [1.54, 1.807) is 18.4 Å². The van der Waals surface area contributed by atoms with Crippen LogP contribution in [-0.4, -0.2) is 17.4 Å². The van der Waals surface area contributed by atoms with Crippen molar-refractivity contribution in [3.63, 3.8) is 0 Å². The Balaban J connectivity index is 1.60. The molecule has 0 fully saturated rings. The van der Waals surface area contributed by atoms with Crippen LogP contribution in [0.1, 0.15) is 34.2 Å². The van der Waals surface area contributed by atoms with Crippen LogP contribution in [-0.2, 0) is 11.2 Å². The molecule has 0 saturated heterocycles. The molecule has 3 aromatic rings. The van der Waals surface area contributed by atoms with Crippen molar-refractivity contribution < 1.29 is 13.6 Å². The van der Waals surface area contributed by atoms with E-state index in [1.807, 2.05) is 19.1 Å². The van der Waals surface area contributed by atoms with Gasteiger partial charge in [0.15, 0.2) is 5.13 Å². The molecule has 7 heteroatoms. The number of aromatic nitrogens is 1. The molecule has 0 aliphatic rings. The number of nitrogens with two attached hydrogens (primary N) is 1. The predicted molar refractivity (Wildman–Crippen MR) is 99.5 cm³/mol. The van der Waals surface area contributed by atoms with Crippen molar-refractivity contribution >= 4 is 22.4 Å². The molecular formula is C19H20FN3O2S. The number of furan rings is 1. The molecule has 0 aliphatic heterocycles. The summed E-state index contributed by atoms with van der Waals surface area (Å²) in [4.78, 5) is 17.2. The summed E-state index contributed by atoms with van der Waals surface area (Å²) in [7, 11) is 0. The van der Waals surface area contributed by atoms with E-state index in [4.69, 9.17) is 10.2 Å². The lowest BCUT2D eigenvalue weighted by atomic mass is 9.93. The van der Waals surface area contributed by atoms with Gasteiger partial charge in [0.25, 0.3) is 0 Å². The van der Waals surface area contributed by atoms with Crippen LogP contribution in [0.5, 0.6) is 0 Å². The van der Waals surface area contributed by atoms with E-state index < -0.39 is 0 Å². The maximum Gasteiger partial charge on any atom is 0.225 e. The number of carbonyl (C=O) groups excluding carboxylic acids is 1. The Labute approximate surface area is 155 Å². The summed E-state index contributed by atoms with van der Waals surface area (Å²) >= 11 is 1.33. The van der Waals surface area contributed by atoms with Gasteiger partial charge in [-0.2, -0.15) is 0 Å². The van der Waals surface area contributed by atoms with E-state index in [9.17, 15) is 9.18 Å². The molecule has 1 unspecified atom stereocenters. The van der Waals surface area contributed by atoms with Crippen molar-refractivity contribution in [2.24, 2.45) is 0 Å². The van der Waals surface area contributed by atoms with Crippen LogP contribution in [0.4, 0.5) is 9.52 Å². The topological polar surface area (TPSA) is 81.1 Å². The van der Waals surface area contributed by atoms with Crippen molar-refractivity contribution in [2.75, 3.05) is 12.3 Å². The molecule has 0 bridgehead atoms. The van der Waals surface area contributed by atoms with Gasteiger partial charge in [0, 0.05) is 17.3 Å². The highest BCUT2D eigenvalue weighted by Gasteiger charge is 2.18. The summed E-state index contributed by atoms with van der Waals surface area (Å²) in [5, 5.41) is 3.40. The molecule has 1 amide bonds. The molecule has 2 aromatic heterocycles. The van der Waals surface area contributed by atoms with Crippen LogP contribution in [0.2, 0.25) is 0 Å². The van der Waals surface area contributed by atoms with Gasteiger partial charge in [0.1, 0.15) is 11.6 Å².